The van der Waals surface area contributed by atoms with Gasteiger partial charge in [0.15, 0.2) is 5.65 Å². The number of ether oxygens (including phenoxy) is 1. The second-order valence-corrected chi connectivity index (χ2v) is 10.0. The highest BCUT2D eigenvalue weighted by atomic mass is 79.9. The fourth-order valence-electron chi connectivity index (χ4n) is 4.30. The molecule has 0 aliphatic carbocycles. The number of fused-ring (bicyclic) bond motifs is 3. The van der Waals surface area contributed by atoms with Crippen LogP contribution in [0.3, 0.4) is 0 Å². The molecular weight excluding hydrogens is 550 g/mol. The van der Waals surface area contributed by atoms with E-state index in [1.54, 1.807) is 4.68 Å². The Bertz CT molecular complexity index is 1820. The molecule has 3 heterocycles. The first kappa shape index (κ1) is 23.4. The molecule has 0 bridgehead atoms. The van der Waals surface area contributed by atoms with Gasteiger partial charge in [0.05, 0.1) is 33.4 Å². The molecule has 7 nitrogen and oxygen atoms in total. The molecule has 0 spiro atoms. The number of nitrogens with zero attached hydrogens (tertiary/aromatic N) is 5. The molecule has 0 aliphatic heterocycles. The van der Waals surface area contributed by atoms with Crippen LogP contribution in [0.2, 0.25) is 0 Å². The highest BCUT2D eigenvalue weighted by molar-refractivity contribution is 9.10. The van der Waals surface area contributed by atoms with E-state index in [-0.39, 0.29) is 11.6 Å². The van der Waals surface area contributed by atoms with Crippen LogP contribution in [0.15, 0.2) is 99.2 Å². The van der Waals surface area contributed by atoms with E-state index in [2.05, 4.69) is 15.9 Å². The average molecular weight is 570 g/mol. The quantitative estimate of drug-likeness (QED) is 0.215. The number of benzene rings is 3. The molecular formula is C28H20BrN5O2S. The Morgan fingerprint density at radius 2 is 1.49 bits per heavy atom. The SMILES string of the molecule is CSc1nn(-c2ccccc2)c2nc(C)c3c(=O)n(-c4ccccc4)c(Oc4ccc(Br)cc4)nc3c12. The monoisotopic (exact) mass is 569 g/mol. The van der Waals surface area contributed by atoms with Crippen molar-refractivity contribution in [2.45, 2.75) is 11.9 Å². The Kier molecular flexibility index (Phi) is 6.02. The van der Waals surface area contributed by atoms with E-state index in [0.29, 0.717) is 33.7 Å². The number of hydrogen-bond donors (Lipinski definition) is 0. The van der Waals surface area contributed by atoms with Crippen LogP contribution in [-0.2, 0) is 0 Å². The van der Waals surface area contributed by atoms with Gasteiger partial charge in [-0.15, -0.1) is 11.8 Å². The van der Waals surface area contributed by atoms with Crippen molar-refractivity contribution in [2.75, 3.05) is 6.26 Å². The van der Waals surface area contributed by atoms with Crippen LogP contribution >= 0.6 is 27.7 Å². The van der Waals surface area contributed by atoms with Gasteiger partial charge in [-0.2, -0.15) is 10.1 Å². The molecule has 182 valence electrons. The Labute approximate surface area is 224 Å². The number of pyridine rings is 1. The Morgan fingerprint density at radius 3 is 2.14 bits per heavy atom. The molecule has 0 amide bonds. The third-order valence-electron chi connectivity index (χ3n) is 5.98. The molecule has 0 N–H and O–H groups in total. The maximum atomic E-state index is 14.1. The molecule has 0 unspecified atom stereocenters. The molecule has 0 radical (unpaired) electrons. The van der Waals surface area contributed by atoms with Gasteiger partial charge in [0.25, 0.3) is 5.56 Å². The predicted octanol–water partition coefficient (Wildman–Crippen LogP) is 6.70. The van der Waals surface area contributed by atoms with E-state index in [1.807, 2.05) is 98.1 Å². The second-order valence-electron chi connectivity index (χ2n) is 8.30. The Morgan fingerprint density at radius 1 is 0.838 bits per heavy atom. The van der Waals surface area contributed by atoms with Crippen molar-refractivity contribution >= 4 is 49.6 Å². The van der Waals surface area contributed by atoms with Gasteiger partial charge in [0, 0.05) is 4.47 Å². The van der Waals surface area contributed by atoms with Gasteiger partial charge in [-0.05, 0) is 61.7 Å². The minimum Gasteiger partial charge on any atom is -0.425 e. The zero-order chi connectivity index (χ0) is 25.5. The largest absolute Gasteiger partial charge is 0.425 e. The zero-order valence-corrected chi connectivity index (χ0v) is 22.3. The summed E-state index contributed by atoms with van der Waals surface area (Å²) in [7, 11) is 0. The Balaban J connectivity index is 1.71. The molecule has 3 aromatic heterocycles. The van der Waals surface area contributed by atoms with Gasteiger partial charge >= 0.3 is 6.01 Å². The van der Waals surface area contributed by atoms with Crippen molar-refractivity contribution in [3.05, 3.63) is 105 Å². The topological polar surface area (TPSA) is 74.8 Å². The van der Waals surface area contributed by atoms with Gasteiger partial charge in [-0.25, -0.2) is 14.2 Å². The van der Waals surface area contributed by atoms with Crippen LogP contribution in [0, 0.1) is 6.92 Å². The first-order valence-electron chi connectivity index (χ1n) is 11.5. The van der Waals surface area contributed by atoms with E-state index in [0.717, 1.165) is 20.6 Å². The van der Waals surface area contributed by atoms with Gasteiger partial charge in [0.2, 0.25) is 0 Å². The van der Waals surface area contributed by atoms with E-state index in [4.69, 9.17) is 19.8 Å². The van der Waals surface area contributed by atoms with E-state index in [1.165, 1.54) is 16.3 Å². The van der Waals surface area contributed by atoms with E-state index >= 15 is 0 Å². The van der Waals surface area contributed by atoms with Crippen LogP contribution in [0.25, 0.3) is 33.3 Å². The lowest BCUT2D eigenvalue weighted by atomic mass is 10.2. The van der Waals surface area contributed by atoms with Crippen molar-refractivity contribution in [2.24, 2.45) is 0 Å². The summed E-state index contributed by atoms with van der Waals surface area (Å²) in [5.74, 6) is 0.561. The number of rotatable bonds is 5. The van der Waals surface area contributed by atoms with Crippen LogP contribution in [0.4, 0.5) is 0 Å². The number of halogens is 1. The predicted molar refractivity (Wildman–Crippen MR) is 150 cm³/mol. The summed E-state index contributed by atoms with van der Waals surface area (Å²) in [4.78, 5) is 23.9. The summed E-state index contributed by atoms with van der Waals surface area (Å²) in [6.45, 7) is 1.83. The fraction of sp³-hybridized carbons (Fsp3) is 0.0714. The molecule has 0 saturated heterocycles. The average Bonchev–Trinajstić information content (AvgIpc) is 3.29. The highest BCUT2D eigenvalue weighted by Crippen LogP contribution is 2.34. The summed E-state index contributed by atoms with van der Waals surface area (Å²) in [6, 6.07) is 26.7. The number of aromatic nitrogens is 5. The van der Waals surface area contributed by atoms with Crippen molar-refractivity contribution < 1.29 is 4.74 Å². The minimum atomic E-state index is -0.255. The number of thioether (sulfide) groups is 1. The molecule has 0 fully saturated rings. The number of aryl methyl sites for hydroxylation is 1. The maximum absolute atomic E-state index is 14.1. The molecule has 37 heavy (non-hydrogen) atoms. The highest BCUT2D eigenvalue weighted by Gasteiger charge is 2.24. The third kappa shape index (κ3) is 4.10. The van der Waals surface area contributed by atoms with Crippen molar-refractivity contribution in [1.82, 2.24) is 24.3 Å². The van der Waals surface area contributed by atoms with E-state index < -0.39 is 0 Å². The molecule has 0 aliphatic rings. The molecule has 6 aromatic rings. The summed E-state index contributed by atoms with van der Waals surface area (Å²) in [6.07, 6.45) is 1.95. The smallest absolute Gasteiger partial charge is 0.310 e. The van der Waals surface area contributed by atoms with Crippen molar-refractivity contribution in [3.8, 4) is 23.1 Å². The summed E-state index contributed by atoms with van der Waals surface area (Å²) in [5, 5.41) is 6.71. The molecule has 0 saturated carbocycles. The normalized spacial score (nSPS) is 11.3. The fourth-order valence-corrected chi connectivity index (χ4v) is 5.12. The maximum Gasteiger partial charge on any atom is 0.310 e. The van der Waals surface area contributed by atoms with E-state index in [9.17, 15) is 4.79 Å². The van der Waals surface area contributed by atoms with Crippen molar-refractivity contribution in [1.29, 1.82) is 0 Å². The lowest BCUT2D eigenvalue weighted by molar-refractivity contribution is 0.427. The first-order valence-corrected chi connectivity index (χ1v) is 13.5. The standard InChI is InChI=1S/C28H20BrN5O2S/c1-17-22-24(23-25(30-17)34(32-26(23)37-2)20-11-7-4-8-12-20)31-28(36-21-15-13-18(29)14-16-21)33(27(22)35)19-9-5-3-6-10-19/h3-16H,1-2H3. The lowest BCUT2D eigenvalue weighted by Crippen LogP contribution is -2.22. The number of hydrogen-bond acceptors (Lipinski definition) is 6. The van der Waals surface area contributed by atoms with Crippen LogP contribution in [0.1, 0.15) is 5.69 Å². The Hall–Kier alpha value is -3.95. The van der Waals surface area contributed by atoms with Gasteiger partial charge in [-0.3, -0.25) is 4.79 Å². The third-order valence-corrected chi connectivity index (χ3v) is 7.19. The first-order chi connectivity index (χ1) is 18.0. The minimum absolute atomic E-state index is 0.164. The zero-order valence-electron chi connectivity index (χ0n) is 19.9. The second kappa shape index (κ2) is 9.49. The molecule has 3 aromatic carbocycles. The van der Waals surface area contributed by atoms with Crippen LogP contribution in [-0.4, -0.2) is 30.6 Å². The summed E-state index contributed by atoms with van der Waals surface area (Å²) >= 11 is 4.94. The van der Waals surface area contributed by atoms with Gasteiger partial charge < -0.3 is 4.74 Å². The molecule has 9 heteroatoms. The summed E-state index contributed by atoms with van der Waals surface area (Å²) < 4.78 is 10.5. The van der Waals surface area contributed by atoms with Crippen LogP contribution < -0.4 is 10.3 Å². The van der Waals surface area contributed by atoms with Crippen molar-refractivity contribution in [3.63, 3.8) is 0 Å². The van der Waals surface area contributed by atoms with Crippen LogP contribution in [0.5, 0.6) is 11.8 Å². The number of para-hydroxylation sites is 2. The van der Waals surface area contributed by atoms with Gasteiger partial charge in [-0.1, -0.05) is 52.3 Å². The van der Waals surface area contributed by atoms with Gasteiger partial charge in [0.1, 0.15) is 10.8 Å². The summed E-state index contributed by atoms with van der Waals surface area (Å²) in [5.41, 5.74) is 3.00. The molecule has 6 rings (SSSR count). The lowest BCUT2D eigenvalue weighted by Gasteiger charge is -2.15. The molecule has 0 atom stereocenters.